The molecule has 96 valence electrons. The van der Waals surface area contributed by atoms with Gasteiger partial charge in [0.25, 0.3) is 0 Å². The molecule has 0 unspecified atom stereocenters. The summed E-state index contributed by atoms with van der Waals surface area (Å²) in [5, 5.41) is 0. The van der Waals surface area contributed by atoms with Crippen molar-refractivity contribution >= 4 is 0 Å². The van der Waals surface area contributed by atoms with E-state index in [1.54, 1.807) is 0 Å². The van der Waals surface area contributed by atoms with Gasteiger partial charge < -0.3 is 0 Å². The molecule has 0 aromatic rings. The average molecular weight is 248 g/mol. The van der Waals surface area contributed by atoms with Crippen LogP contribution in [0, 0.1) is 0 Å². The van der Waals surface area contributed by atoms with Crippen molar-refractivity contribution in [2.24, 2.45) is 0 Å². The van der Waals surface area contributed by atoms with Gasteiger partial charge in [0.15, 0.2) is 0 Å². The molecule has 0 heterocycles. The Hall–Kier alpha value is -1.82. The average Bonchev–Trinajstić information content (AvgIpc) is 3.02. The Kier molecular flexibility index (Phi) is 2.82. The van der Waals surface area contributed by atoms with Crippen LogP contribution >= 0.6 is 0 Å². The van der Waals surface area contributed by atoms with Crippen molar-refractivity contribution in [1.29, 1.82) is 0 Å². The first-order valence-electron chi connectivity index (χ1n) is 6.95. The zero-order valence-corrected chi connectivity index (χ0v) is 12.0. The standard InChI is InChI=1S/C19H20/c1-12-7-5-9-16(12)18-11-14(3)19(15(18)4)17-10-6-8-13(17)2/h5-8,11H,3,9-10H2,1-2,4H3. The van der Waals surface area contributed by atoms with Crippen molar-refractivity contribution in [2.45, 2.75) is 33.6 Å². The molecular weight excluding hydrogens is 228 g/mol. The smallest absolute Gasteiger partial charge is 0.00853 e. The van der Waals surface area contributed by atoms with Crippen LogP contribution in [-0.2, 0) is 0 Å². The van der Waals surface area contributed by atoms with Crippen molar-refractivity contribution < 1.29 is 0 Å². The molecule has 0 amide bonds. The molecule has 0 atom stereocenters. The predicted molar refractivity (Wildman–Crippen MR) is 82.8 cm³/mol. The number of rotatable bonds is 2. The number of hydrogen-bond acceptors (Lipinski definition) is 0. The van der Waals surface area contributed by atoms with Crippen LogP contribution in [0.3, 0.4) is 0 Å². The van der Waals surface area contributed by atoms with E-state index in [1.807, 2.05) is 0 Å². The van der Waals surface area contributed by atoms with Crippen molar-refractivity contribution in [1.82, 2.24) is 0 Å². The molecule has 0 radical (unpaired) electrons. The molecule has 0 aromatic heterocycles. The molecule has 0 bridgehead atoms. The van der Waals surface area contributed by atoms with E-state index in [4.69, 9.17) is 0 Å². The Bertz CT molecular complexity index is 652. The Labute approximate surface area is 115 Å². The number of hydrogen-bond donors (Lipinski definition) is 0. The lowest BCUT2D eigenvalue weighted by Crippen LogP contribution is -1.93. The molecule has 0 spiro atoms. The maximum atomic E-state index is 4.27. The van der Waals surface area contributed by atoms with Crippen molar-refractivity contribution in [3.05, 3.63) is 81.5 Å². The second-order valence-electron chi connectivity index (χ2n) is 5.62. The van der Waals surface area contributed by atoms with Gasteiger partial charge in [-0.3, -0.25) is 0 Å². The first-order chi connectivity index (χ1) is 9.09. The van der Waals surface area contributed by atoms with Crippen LogP contribution in [0.25, 0.3) is 0 Å². The summed E-state index contributed by atoms with van der Waals surface area (Å²) in [6, 6.07) is 0. The van der Waals surface area contributed by atoms with E-state index in [-0.39, 0.29) is 0 Å². The minimum absolute atomic E-state index is 1.05. The van der Waals surface area contributed by atoms with Crippen LogP contribution in [-0.4, -0.2) is 0 Å². The third-order valence-electron chi connectivity index (χ3n) is 4.38. The second kappa shape index (κ2) is 4.38. The van der Waals surface area contributed by atoms with E-state index >= 15 is 0 Å². The Balaban J connectivity index is 2.05. The fourth-order valence-electron chi connectivity index (χ4n) is 3.32. The lowest BCUT2D eigenvalue weighted by molar-refractivity contribution is 1.19. The molecule has 0 nitrogen and oxygen atoms in total. The lowest BCUT2D eigenvalue weighted by atomic mass is 9.92. The summed E-state index contributed by atoms with van der Waals surface area (Å²) in [5.74, 6) is 0. The summed E-state index contributed by atoms with van der Waals surface area (Å²) in [6.07, 6.45) is 13.3. The van der Waals surface area contributed by atoms with Gasteiger partial charge in [-0.25, -0.2) is 0 Å². The van der Waals surface area contributed by atoms with Crippen molar-refractivity contribution in [3.8, 4) is 0 Å². The van der Waals surface area contributed by atoms with Crippen molar-refractivity contribution in [2.75, 3.05) is 0 Å². The second-order valence-corrected chi connectivity index (χ2v) is 5.62. The van der Waals surface area contributed by atoms with E-state index in [2.05, 4.69) is 57.7 Å². The minimum Gasteiger partial charge on any atom is -0.0911 e. The highest BCUT2D eigenvalue weighted by molar-refractivity contribution is 5.72. The molecule has 3 rings (SSSR count). The van der Waals surface area contributed by atoms with Gasteiger partial charge in [0.05, 0.1) is 0 Å². The van der Waals surface area contributed by atoms with Crippen molar-refractivity contribution in [3.63, 3.8) is 0 Å². The summed E-state index contributed by atoms with van der Waals surface area (Å²) in [6.45, 7) is 10.9. The highest BCUT2D eigenvalue weighted by Crippen LogP contribution is 2.43. The molecule has 3 aliphatic rings. The molecule has 0 heteroatoms. The monoisotopic (exact) mass is 248 g/mol. The van der Waals surface area contributed by atoms with E-state index in [1.165, 1.54) is 44.6 Å². The zero-order chi connectivity index (χ0) is 13.6. The SMILES string of the molecule is C=C1C=C(C2=C(C)C=CC2)C(C)=C1C1=C(C)C=CC1. The topological polar surface area (TPSA) is 0 Å². The van der Waals surface area contributed by atoms with Gasteiger partial charge in [0.2, 0.25) is 0 Å². The summed E-state index contributed by atoms with van der Waals surface area (Å²) >= 11 is 0. The third kappa shape index (κ3) is 1.83. The Morgan fingerprint density at radius 3 is 2.00 bits per heavy atom. The van der Waals surface area contributed by atoms with Gasteiger partial charge >= 0.3 is 0 Å². The maximum Gasteiger partial charge on any atom is -0.00853 e. The molecular formula is C19H20. The number of allylic oxidation sites excluding steroid dienone is 13. The van der Waals surface area contributed by atoms with E-state index in [0.29, 0.717) is 0 Å². The normalized spacial score (nSPS) is 22.5. The molecule has 0 aromatic carbocycles. The molecule has 0 saturated heterocycles. The summed E-state index contributed by atoms with van der Waals surface area (Å²) < 4.78 is 0. The van der Waals surface area contributed by atoms with Gasteiger partial charge in [-0.05, 0) is 84.3 Å². The van der Waals surface area contributed by atoms with E-state index in [9.17, 15) is 0 Å². The highest BCUT2D eigenvalue weighted by atomic mass is 14.3. The van der Waals surface area contributed by atoms with Gasteiger partial charge in [-0.15, -0.1) is 0 Å². The fourth-order valence-corrected chi connectivity index (χ4v) is 3.32. The van der Waals surface area contributed by atoms with E-state index < -0.39 is 0 Å². The Morgan fingerprint density at radius 1 is 0.895 bits per heavy atom. The molecule has 3 aliphatic carbocycles. The maximum absolute atomic E-state index is 4.27. The fraction of sp³-hybridized carbons (Fsp3) is 0.263. The molecule has 19 heavy (non-hydrogen) atoms. The summed E-state index contributed by atoms with van der Waals surface area (Å²) in [4.78, 5) is 0. The van der Waals surface area contributed by atoms with E-state index in [0.717, 1.165) is 12.8 Å². The predicted octanol–water partition coefficient (Wildman–Crippen LogP) is 5.35. The van der Waals surface area contributed by atoms with Gasteiger partial charge in [0, 0.05) is 0 Å². The molecule has 0 fully saturated rings. The van der Waals surface area contributed by atoms with Gasteiger partial charge in [-0.1, -0.05) is 30.9 Å². The highest BCUT2D eigenvalue weighted by Gasteiger charge is 2.25. The van der Waals surface area contributed by atoms with Gasteiger partial charge in [-0.2, -0.15) is 0 Å². The van der Waals surface area contributed by atoms with Crippen LogP contribution in [0.2, 0.25) is 0 Å². The first-order valence-corrected chi connectivity index (χ1v) is 6.95. The summed E-state index contributed by atoms with van der Waals surface area (Å²) in [7, 11) is 0. The third-order valence-corrected chi connectivity index (χ3v) is 4.38. The quantitative estimate of drug-likeness (QED) is 0.617. The van der Waals surface area contributed by atoms with Crippen LogP contribution < -0.4 is 0 Å². The molecule has 0 saturated carbocycles. The Morgan fingerprint density at radius 2 is 1.47 bits per heavy atom. The minimum atomic E-state index is 1.05. The molecule has 0 aliphatic heterocycles. The lowest BCUT2D eigenvalue weighted by Gasteiger charge is -2.12. The first kappa shape index (κ1) is 12.2. The van der Waals surface area contributed by atoms with Crippen LogP contribution in [0.5, 0.6) is 0 Å². The summed E-state index contributed by atoms with van der Waals surface area (Å²) in [5.41, 5.74) is 11.1. The molecule has 0 N–H and O–H groups in total. The zero-order valence-electron chi connectivity index (χ0n) is 12.0. The van der Waals surface area contributed by atoms with Crippen LogP contribution in [0.4, 0.5) is 0 Å². The van der Waals surface area contributed by atoms with Crippen LogP contribution in [0.15, 0.2) is 81.5 Å². The largest absolute Gasteiger partial charge is 0.0911 e. The van der Waals surface area contributed by atoms with Crippen LogP contribution in [0.1, 0.15) is 33.6 Å². The van der Waals surface area contributed by atoms with Gasteiger partial charge in [0.1, 0.15) is 0 Å².